The molecule has 0 aromatic carbocycles. The molecule has 1 saturated heterocycles. The third kappa shape index (κ3) is 6.03. The van der Waals surface area contributed by atoms with Gasteiger partial charge in [-0.25, -0.2) is 0 Å². The van der Waals surface area contributed by atoms with Gasteiger partial charge in [-0.15, -0.1) is 0 Å². The van der Waals surface area contributed by atoms with Crippen molar-refractivity contribution in [2.24, 2.45) is 5.41 Å². The maximum absolute atomic E-state index is 12.2. The molecule has 2 rings (SSSR count). The Bertz CT molecular complexity index is 602. The Morgan fingerprint density at radius 3 is 2.72 bits per heavy atom. The minimum atomic E-state index is -0.499. The topological polar surface area (TPSA) is 66.5 Å². The molecule has 0 atom stereocenters. The summed E-state index contributed by atoms with van der Waals surface area (Å²) in [5.74, 6) is -0.0625. The van der Waals surface area contributed by atoms with Crippen molar-refractivity contribution in [3.8, 4) is 0 Å². The third-order valence-corrected chi connectivity index (χ3v) is 5.38. The molecule has 0 spiro atoms. The molecular weight excluding hydrogens is 336 g/mol. The molecule has 5 nitrogen and oxygen atoms in total. The highest BCUT2D eigenvalue weighted by molar-refractivity contribution is 8.04. The van der Waals surface area contributed by atoms with Gasteiger partial charge >= 0.3 is 0 Å². The molecule has 2 amide bonds. The predicted molar refractivity (Wildman–Crippen MR) is 101 cm³/mol. The van der Waals surface area contributed by atoms with Crippen LogP contribution in [0.25, 0.3) is 0 Å². The van der Waals surface area contributed by atoms with Gasteiger partial charge in [-0.2, -0.15) is 0 Å². The summed E-state index contributed by atoms with van der Waals surface area (Å²) in [5.41, 5.74) is 0.914. The van der Waals surface area contributed by atoms with E-state index >= 15 is 0 Å². The number of amides is 2. The van der Waals surface area contributed by atoms with Crippen LogP contribution in [0.15, 0.2) is 22.8 Å². The number of nitrogens with one attached hydrogen (secondary N) is 1. The largest absolute Gasteiger partial charge is 0.354 e. The zero-order chi connectivity index (χ0) is 18.4. The quantitative estimate of drug-likeness (QED) is 0.581. The Morgan fingerprint density at radius 1 is 1.32 bits per heavy atom. The molecule has 25 heavy (non-hydrogen) atoms. The van der Waals surface area contributed by atoms with E-state index in [0.717, 1.165) is 19.3 Å². The van der Waals surface area contributed by atoms with Crippen molar-refractivity contribution in [3.05, 3.63) is 22.8 Å². The van der Waals surface area contributed by atoms with Crippen molar-refractivity contribution in [3.63, 3.8) is 0 Å². The third-order valence-electron chi connectivity index (χ3n) is 4.36. The first kappa shape index (κ1) is 19.8. The van der Waals surface area contributed by atoms with E-state index in [1.165, 1.54) is 41.2 Å². The van der Waals surface area contributed by atoms with Crippen molar-refractivity contribution >= 4 is 29.4 Å². The van der Waals surface area contributed by atoms with Gasteiger partial charge in [-0.05, 0) is 32.1 Å². The van der Waals surface area contributed by atoms with Crippen molar-refractivity contribution in [1.82, 2.24) is 10.2 Å². The Labute approximate surface area is 154 Å². The summed E-state index contributed by atoms with van der Waals surface area (Å²) in [5, 5.41) is 3.47. The van der Waals surface area contributed by atoms with Crippen molar-refractivity contribution < 1.29 is 14.4 Å². The van der Waals surface area contributed by atoms with E-state index in [4.69, 9.17) is 0 Å². The minimum absolute atomic E-state index is 0.0197. The fourth-order valence-corrected chi connectivity index (χ4v) is 3.66. The number of rotatable bonds is 6. The second-order valence-electron chi connectivity index (χ2n) is 7.57. The lowest BCUT2D eigenvalue weighted by Crippen LogP contribution is -2.38. The van der Waals surface area contributed by atoms with Crippen LogP contribution in [-0.4, -0.2) is 41.3 Å². The normalized spacial score (nSPS) is 20.0. The van der Waals surface area contributed by atoms with Gasteiger partial charge in [-0.1, -0.05) is 44.2 Å². The van der Waals surface area contributed by atoms with Gasteiger partial charge in [0.05, 0.1) is 10.8 Å². The second-order valence-corrected chi connectivity index (χ2v) is 8.57. The van der Waals surface area contributed by atoms with Crippen LogP contribution in [0.3, 0.4) is 0 Å². The van der Waals surface area contributed by atoms with Crippen LogP contribution < -0.4 is 5.32 Å². The molecule has 0 bridgehead atoms. The van der Waals surface area contributed by atoms with E-state index in [1.54, 1.807) is 0 Å². The number of hydrogen-bond acceptors (Lipinski definition) is 4. The molecule has 1 N–H and O–H groups in total. The first-order valence-corrected chi connectivity index (χ1v) is 9.90. The smallest absolute Gasteiger partial charge is 0.240 e. The predicted octanol–water partition coefficient (Wildman–Crippen LogP) is 3.03. The van der Waals surface area contributed by atoms with Gasteiger partial charge in [0.1, 0.15) is 6.54 Å². The number of carbonyl (C=O) groups excluding carboxylic acids is 3. The number of hydrogen-bond donors (Lipinski definition) is 1. The maximum atomic E-state index is 12.2. The van der Waals surface area contributed by atoms with Gasteiger partial charge in [0.25, 0.3) is 0 Å². The minimum Gasteiger partial charge on any atom is -0.354 e. The molecular formula is C19H28N2O3S. The molecule has 0 aromatic heterocycles. The van der Waals surface area contributed by atoms with E-state index in [-0.39, 0.29) is 29.9 Å². The van der Waals surface area contributed by atoms with Gasteiger partial charge < -0.3 is 5.32 Å². The second kappa shape index (κ2) is 8.70. The molecule has 138 valence electrons. The summed E-state index contributed by atoms with van der Waals surface area (Å²) in [6.45, 7) is 6.09. The highest BCUT2D eigenvalue weighted by atomic mass is 32.2. The van der Waals surface area contributed by atoms with E-state index in [1.807, 2.05) is 20.8 Å². The number of nitrogens with zero attached hydrogens (tertiary/aromatic N) is 1. The summed E-state index contributed by atoms with van der Waals surface area (Å²) in [4.78, 5) is 37.8. The van der Waals surface area contributed by atoms with Gasteiger partial charge in [0.2, 0.25) is 11.8 Å². The van der Waals surface area contributed by atoms with Crippen LogP contribution in [0.4, 0.5) is 0 Å². The monoisotopic (exact) mass is 364 g/mol. The standard InChI is InChI=1S/C19H28N2O3S/c1-19(2,3)15(22)11-18-21(17(24)13-25-18)12-16(23)20-10-9-14-7-5-4-6-8-14/h7,11H,4-6,8-10,12-13H2,1-3H3,(H,20,23)/b18-11-. The average Bonchev–Trinajstić information content (AvgIpc) is 2.88. The van der Waals surface area contributed by atoms with Crippen LogP contribution in [0.1, 0.15) is 52.9 Å². The van der Waals surface area contributed by atoms with Crippen molar-refractivity contribution in [2.45, 2.75) is 52.9 Å². The van der Waals surface area contributed by atoms with Crippen molar-refractivity contribution in [1.29, 1.82) is 0 Å². The van der Waals surface area contributed by atoms with Gasteiger partial charge in [0.15, 0.2) is 5.78 Å². The van der Waals surface area contributed by atoms with E-state index in [0.29, 0.717) is 11.6 Å². The molecule has 6 heteroatoms. The van der Waals surface area contributed by atoms with Crippen LogP contribution in [0.2, 0.25) is 0 Å². The molecule has 0 radical (unpaired) electrons. The Kier molecular flexibility index (Phi) is 6.87. The first-order chi connectivity index (χ1) is 11.8. The highest BCUT2D eigenvalue weighted by Gasteiger charge is 2.30. The van der Waals surface area contributed by atoms with E-state index < -0.39 is 5.41 Å². The molecule has 1 heterocycles. The summed E-state index contributed by atoms with van der Waals surface area (Å²) in [6.07, 6.45) is 9.39. The SMILES string of the molecule is CC(C)(C)C(=O)/C=C1\SCC(=O)N1CC(=O)NCCC1=CCCCC1. The molecule has 1 fully saturated rings. The number of ketones is 1. The number of allylic oxidation sites excluding steroid dienone is 2. The number of carbonyl (C=O) groups is 3. The number of thioether (sulfide) groups is 1. The lowest BCUT2D eigenvalue weighted by Gasteiger charge is -2.19. The molecule has 0 unspecified atom stereocenters. The van der Waals surface area contributed by atoms with E-state index in [9.17, 15) is 14.4 Å². The molecule has 2 aliphatic rings. The summed E-state index contributed by atoms with van der Waals surface area (Å²) < 4.78 is 0. The molecule has 0 saturated carbocycles. The van der Waals surface area contributed by atoms with Gasteiger partial charge in [0, 0.05) is 18.0 Å². The average molecular weight is 365 g/mol. The Hall–Kier alpha value is -1.56. The fraction of sp³-hybridized carbons (Fsp3) is 0.632. The molecule has 1 aliphatic heterocycles. The fourth-order valence-electron chi connectivity index (χ4n) is 2.72. The van der Waals surface area contributed by atoms with Crippen molar-refractivity contribution in [2.75, 3.05) is 18.8 Å². The Morgan fingerprint density at radius 2 is 2.08 bits per heavy atom. The van der Waals surface area contributed by atoms with Crippen LogP contribution in [0.5, 0.6) is 0 Å². The summed E-state index contributed by atoms with van der Waals surface area (Å²) >= 11 is 1.32. The van der Waals surface area contributed by atoms with Crippen LogP contribution >= 0.6 is 11.8 Å². The highest BCUT2D eigenvalue weighted by Crippen LogP contribution is 2.30. The molecule has 1 aliphatic carbocycles. The van der Waals surface area contributed by atoms with E-state index in [2.05, 4.69) is 11.4 Å². The Balaban J connectivity index is 1.86. The van der Waals surface area contributed by atoms with Crippen LogP contribution in [-0.2, 0) is 14.4 Å². The summed E-state index contributed by atoms with van der Waals surface area (Å²) in [7, 11) is 0. The lowest BCUT2D eigenvalue weighted by atomic mass is 9.91. The summed E-state index contributed by atoms with van der Waals surface area (Å²) in [6, 6.07) is 0. The zero-order valence-electron chi connectivity index (χ0n) is 15.4. The molecule has 0 aromatic rings. The first-order valence-electron chi connectivity index (χ1n) is 8.91. The maximum Gasteiger partial charge on any atom is 0.240 e. The van der Waals surface area contributed by atoms with Crippen LogP contribution in [0, 0.1) is 5.41 Å². The lowest BCUT2D eigenvalue weighted by molar-refractivity contribution is -0.131. The zero-order valence-corrected chi connectivity index (χ0v) is 16.2. The van der Waals surface area contributed by atoms with Gasteiger partial charge in [-0.3, -0.25) is 19.3 Å².